The highest BCUT2D eigenvalue weighted by Gasteiger charge is 2.26. The minimum atomic E-state index is 0.756. The molecule has 0 radical (unpaired) electrons. The lowest BCUT2D eigenvalue weighted by Crippen LogP contribution is -2.47. The summed E-state index contributed by atoms with van der Waals surface area (Å²) in [6.07, 6.45) is 2.90. The molecule has 2 aliphatic rings. The van der Waals surface area contributed by atoms with Crippen molar-refractivity contribution >= 4 is 29.2 Å². The van der Waals surface area contributed by atoms with E-state index in [-0.39, 0.29) is 0 Å². The van der Waals surface area contributed by atoms with E-state index in [4.69, 9.17) is 12.2 Å². The van der Waals surface area contributed by atoms with Gasteiger partial charge in [-0.1, -0.05) is 12.2 Å². The molecule has 0 N–H and O–H groups in total. The molecule has 2 fully saturated rings. The summed E-state index contributed by atoms with van der Waals surface area (Å²) in [7, 11) is 0. The molecule has 0 unspecified atom stereocenters. The summed E-state index contributed by atoms with van der Waals surface area (Å²) < 4.78 is 0.756. The molecule has 74 valence electrons. The van der Waals surface area contributed by atoms with E-state index in [1.165, 1.54) is 19.4 Å². The fraction of sp³-hybridized carbons (Fsp3) is 0.889. The topological polar surface area (TPSA) is 6.48 Å². The molecule has 0 spiro atoms. The lowest BCUT2D eigenvalue weighted by atomic mass is 10.3. The fourth-order valence-electron chi connectivity index (χ4n) is 1.79. The van der Waals surface area contributed by atoms with Crippen LogP contribution < -0.4 is 0 Å². The maximum Gasteiger partial charge on any atom is 0.133 e. The average molecular weight is 216 g/mol. The molecule has 0 aromatic carbocycles. The monoisotopic (exact) mass is 216 g/mol. The third-order valence-electron chi connectivity index (χ3n) is 2.86. The van der Waals surface area contributed by atoms with Crippen molar-refractivity contribution in [3.05, 3.63) is 0 Å². The molecule has 1 heterocycles. The van der Waals surface area contributed by atoms with Gasteiger partial charge in [-0.15, -0.1) is 12.6 Å². The minimum absolute atomic E-state index is 0.756. The second-order valence-corrected chi connectivity index (χ2v) is 5.13. The smallest absolute Gasteiger partial charge is 0.133 e. The number of thiol groups is 1. The predicted octanol–water partition coefficient (Wildman–Crippen LogP) is 1.23. The standard InChI is InChI=1S/C9H16N2S2/c12-9(13)11-5-3-10(4-6-11)7-8-1-2-8/h8H,1-7H2,(H,12,13). The molecule has 1 aliphatic heterocycles. The van der Waals surface area contributed by atoms with Gasteiger partial charge in [0.25, 0.3) is 0 Å². The molecule has 0 aromatic heterocycles. The first-order chi connectivity index (χ1) is 6.25. The number of hydrogen-bond donors (Lipinski definition) is 1. The van der Waals surface area contributed by atoms with Crippen molar-refractivity contribution in [3.63, 3.8) is 0 Å². The largest absolute Gasteiger partial charge is 0.355 e. The zero-order valence-electron chi connectivity index (χ0n) is 7.78. The van der Waals surface area contributed by atoms with Gasteiger partial charge in [0, 0.05) is 32.7 Å². The molecule has 2 nitrogen and oxygen atoms in total. The zero-order valence-corrected chi connectivity index (χ0v) is 9.49. The number of nitrogens with zero attached hydrogens (tertiary/aromatic N) is 2. The molecular weight excluding hydrogens is 200 g/mol. The Morgan fingerprint density at radius 3 is 2.31 bits per heavy atom. The van der Waals surface area contributed by atoms with Gasteiger partial charge in [-0.2, -0.15) is 0 Å². The van der Waals surface area contributed by atoms with Crippen molar-refractivity contribution < 1.29 is 0 Å². The molecule has 13 heavy (non-hydrogen) atoms. The highest BCUT2D eigenvalue weighted by molar-refractivity contribution is 8.10. The molecule has 0 aromatic rings. The molecular formula is C9H16N2S2. The van der Waals surface area contributed by atoms with Crippen LogP contribution in [-0.4, -0.2) is 46.8 Å². The van der Waals surface area contributed by atoms with Crippen molar-refractivity contribution in [2.75, 3.05) is 32.7 Å². The second kappa shape index (κ2) is 4.15. The highest BCUT2D eigenvalue weighted by Crippen LogP contribution is 2.29. The highest BCUT2D eigenvalue weighted by atomic mass is 32.1. The van der Waals surface area contributed by atoms with Crippen molar-refractivity contribution in [2.24, 2.45) is 5.92 Å². The Labute approximate surface area is 90.7 Å². The van der Waals surface area contributed by atoms with E-state index in [0.717, 1.165) is 36.4 Å². The van der Waals surface area contributed by atoms with E-state index >= 15 is 0 Å². The Morgan fingerprint density at radius 2 is 1.85 bits per heavy atom. The van der Waals surface area contributed by atoms with E-state index in [9.17, 15) is 0 Å². The quantitative estimate of drug-likeness (QED) is 0.548. The molecule has 1 saturated carbocycles. The first-order valence-corrected chi connectivity index (χ1v) is 5.81. The van der Waals surface area contributed by atoms with Gasteiger partial charge in [0.05, 0.1) is 0 Å². The number of piperazine rings is 1. The minimum Gasteiger partial charge on any atom is -0.355 e. The van der Waals surface area contributed by atoms with Crippen LogP contribution in [0.4, 0.5) is 0 Å². The van der Waals surface area contributed by atoms with Crippen molar-refractivity contribution in [3.8, 4) is 0 Å². The molecule has 0 amide bonds. The van der Waals surface area contributed by atoms with Gasteiger partial charge in [-0.05, 0) is 18.8 Å². The number of thiocarbonyl (C=S) groups is 1. The average Bonchev–Trinajstić information content (AvgIpc) is 2.89. The third-order valence-corrected chi connectivity index (χ3v) is 3.40. The first kappa shape index (κ1) is 9.74. The van der Waals surface area contributed by atoms with E-state index in [1.54, 1.807) is 0 Å². The van der Waals surface area contributed by atoms with Crippen LogP contribution in [0.3, 0.4) is 0 Å². The Kier molecular flexibility index (Phi) is 3.11. The van der Waals surface area contributed by atoms with Crippen LogP contribution in [0.5, 0.6) is 0 Å². The van der Waals surface area contributed by atoms with Crippen molar-refractivity contribution in [2.45, 2.75) is 12.8 Å². The Bertz CT molecular complexity index is 196. The second-order valence-electron chi connectivity index (χ2n) is 4.01. The maximum absolute atomic E-state index is 5.03. The molecule has 1 saturated heterocycles. The molecule has 4 heteroatoms. The third kappa shape index (κ3) is 2.82. The van der Waals surface area contributed by atoms with Crippen LogP contribution in [-0.2, 0) is 0 Å². The zero-order chi connectivity index (χ0) is 9.26. The van der Waals surface area contributed by atoms with Crippen LogP contribution in [0.2, 0.25) is 0 Å². The Hall–Kier alpha value is 0.200. The molecule has 2 rings (SSSR count). The number of hydrogen-bond acceptors (Lipinski definition) is 2. The summed E-state index contributed by atoms with van der Waals surface area (Å²) >= 11 is 9.22. The van der Waals surface area contributed by atoms with Gasteiger partial charge in [-0.25, -0.2) is 0 Å². The summed E-state index contributed by atoms with van der Waals surface area (Å²) in [5.41, 5.74) is 0. The van der Waals surface area contributed by atoms with Gasteiger partial charge in [0.2, 0.25) is 0 Å². The summed E-state index contributed by atoms with van der Waals surface area (Å²) in [5.74, 6) is 1.01. The molecule has 1 aliphatic carbocycles. The van der Waals surface area contributed by atoms with E-state index < -0.39 is 0 Å². The van der Waals surface area contributed by atoms with Crippen LogP contribution >= 0.6 is 24.8 Å². The Morgan fingerprint density at radius 1 is 1.23 bits per heavy atom. The SMILES string of the molecule is S=C(S)N1CCN(CC2CC2)CC1. The van der Waals surface area contributed by atoms with Gasteiger partial charge in [-0.3, -0.25) is 4.90 Å². The summed E-state index contributed by atoms with van der Waals surface area (Å²) in [6.45, 7) is 5.77. The normalized spacial score (nSPS) is 24.8. The van der Waals surface area contributed by atoms with Gasteiger partial charge in [0.1, 0.15) is 4.32 Å². The first-order valence-electron chi connectivity index (χ1n) is 4.96. The maximum atomic E-state index is 5.03. The lowest BCUT2D eigenvalue weighted by molar-refractivity contribution is 0.179. The van der Waals surface area contributed by atoms with Crippen LogP contribution in [0.15, 0.2) is 0 Å². The summed E-state index contributed by atoms with van der Waals surface area (Å²) in [4.78, 5) is 4.74. The van der Waals surface area contributed by atoms with Gasteiger partial charge < -0.3 is 4.90 Å². The van der Waals surface area contributed by atoms with Crippen LogP contribution in [0, 0.1) is 5.92 Å². The van der Waals surface area contributed by atoms with Crippen LogP contribution in [0.1, 0.15) is 12.8 Å². The van der Waals surface area contributed by atoms with Crippen molar-refractivity contribution in [1.82, 2.24) is 9.80 Å². The van der Waals surface area contributed by atoms with Crippen LogP contribution in [0.25, 0.3) is 0 Å². The van der Waals surface area contributed by atoms with E-state index in [2.05, 4.69) is 22.4 Å². The van der Waals surface area contributed by atoms with Gasteiger partial charge >= 0.3 is 0 Å². The van der Waals surface area contributed by atoms with E-state index in [1.807, 2.05) is 0 Å². The van der Waals surface area contributed by atoms with E-state index in [0.29, 0.717) is 0 Å². The fourth-order valence-corrected chi connectivity index (χ4v) is 2.17. The summed E-state index contributed by atoms with van der Waals surface area (Å²) in [5, 5.41) is 0. The lowest BCUT2D eigenvalue weighted by Gasteiger charge is -2.35. The van der Waals surface area contributed by atoms with Crippen molar-refractivity contribution in [1.29, 1.82) is 0 Å². The number of rotatable bonds is 2. The Balaban J connectivity index is 1.71. The summed E-state index contributed by atoms with van der Waals surface area (Å²) in [6, 6.07) is 0. The predicted molar refractivity (Wildman–Crippen MR) is 62.3 cm³/mol. The molecule has 0 atom stereocenters. The molecule has 0 bridgehead atoms. The van der Waals surface area contributed by atoms with Gasteiger partial charge in [0.15, 0.2) is 0 Å².